The first-order chi connectivity index (χ1) is 15.0. The van der Waals surface area contributed by atoms with Crippen LogP contribution in [0, 0.1) is 12.7 Å². The topological polar surface area (TPSA) is 74.8 Å². The number of nitrogens with one attached hydrogen (secondary N) is 3. The number of rotatable bonds is 8. The van der Waals surface area contributed by atoms with Gasteiger partial charge in [-0.05, 0) is 61.6 Å². The second-order valence-corrected chi connectivity index (χ2v) is 7.68. The van der Waals surface area contributed by atoms with Gasteiger partial charge in [-0.1, -0.05) is 24.3 Å². The highest BCUT2D eigenvalue weighted by Crippen LogP contribution is 2.12. The van der Waals surface area contributed by atoms with Crippen molar-refractivity contribution in [3.8, 4) is 0 Å². The molecule has 2 aromatic carbocycles. The van der Waals surface area contributed by atoms with Gasteiger partial charge in [0.05, 0.1) is 12.6 Å². The molecule has 1 saturated heterocycles. The van der Waals surface area contributed by atoms with Crippen LogP contribution in [0.4, 0.5) is 4.39 Å². The normalized spacial score (nSPS) is 16.2. The van der Waals surface area contributed by atoms with Crippen LogP contribution < -0.4 is 16.0 Å². The highest BCUT2D eigenvalue weighted by Gasteiger charge is 2.16. The molecule has 1 fully saturated rings. The summed E-state index contributed by atoms with van der Waals surface area (Å²) in [4.78, 5) is 17.1. The Hall–Kier alpha value is -2.93. The molecular formula is C24H31FN4O2. The van der Waals surface area contributed by atoms with Crippen molar-refractivity contribution in [3.05, 3.63) is 70.5 Å². The highest BCUT2D eigenvalue weighted by molar-refractivity contribution is 5.94. The van der Waals surface area contributed by atoms with E-state index in [2.05, 4.69) is 20.9 Å². The Morgan fingerprint density at radius 2 is 2.03 bits per heavy atom. The molecule has 0 spiro atoms. The van der Waals surface area contributed by atoms with Gasteiger partial charge in [0.15, 0.2) is 5.96 Å². The van der Waals surface area contributed by atoms with Crippen molar-refractivity contribution in [3.63, 3.8) is 0 Å². The Morgan fingerprint density at radius 3 is 2.77 bits per heavy atom. The number of aliphatic imine (C=N–C) groups is 1. The number of carbonyl (C=O) groups excluding carboxylic acids is 1. The van der Waals surface area contributed by atoms with Gasteiger partial charge in [-0.15, -0.1) is 0 Å². The second kappa shape index (κ2) is 11.5. The average molecular weight is 427 g/mol. The molecule has 1 aliphatic rings. The van der Waals surface area contributed by atoms with E-state index in [1.54, 1.807) is 19.1 Å². The zero-order chi connectivity index (χ0) is 22.1. The molecule has 31 heavy (non-hydrogen) atoms. The maximum Gasteiger partial charge on any atom is 0.251 e. The number of nitrogens with zero attached hydrogens (tertiary/aromatic N) is 1. The number of amides is 1. The number of hydrogen-bond acceptors (Lipinski definition) is 3. The quantitative estimate of drug-likeness (QED) is 0.447. The van der Waals surface area contributed by atoms with Gasteiger partial charge in [-0.25, -0.2) is 9.38 Å². The first kappa shape index (κ1) is 22.7. The monoisotopic (exact) mass is 426 g/mol. The molecule has 166 valence electrons. The molecule has 2 aromatic rings. The Morgan fingerprint density at radius 1 is 1.16 bits per heavy atom. The van der Waals surface area contributed by atoms with E-state index in [9.17, 15) is 9.18 Å². The SMILES string of the molecule is CCNC(=NCc1cccc(C(=O)NCC2CCCO2)c1)NCc1ccc(F)c(C)c1. The molecule has 3 N–H and O–H groups in total. The smallest absolute Gasteiger partial charge is 0.251 e. The predicted octanol–water partition coefficient (Wildman–Crippen LogP) is 3.30. The number of benzene rings is 2. The van der Waals surface area contributed by atoms with E-state index in [-0.39, 0.29) is 17.8 Å². The number of halogens is 1. The van der Waals surface area contributed by atoms with E-state index < -0.39 is 0 Å². The average Bonchev–Trinajstić information content (AvgIpc) is 3.30. The summed E-state index contributed by atoms with van der Waals surface area (Å²) >= 11 is 0. The summed E-state index contributed by atoms with van der Waals surface area (Å²) < 4.78 is 19.0. The lowest BCUT2D eigenvalue weighted by molar-refractivity contribution is 0.0857. The lowest BCUT2D eigenvalue weighted by atomic mass is 10.1. The third kappa shape index (κ3) is 7.07. The lowest BCUT2D eigenvalue weighted by Gasteiger charge is -2.13. The van der Waals surface area contributed by atoms with E-state index in [0.29, 0.717) is 36.7 Å². The summed E-state index contributed by atoms with van der Waals surface area (Å²) in [7, 11) is 0. The van der Waals surface area contributed by atoms with Crippen LogP contribution in [0.2, 0.25) is 0 Å². The zero-order valence-corrected chi connectivity index (χ0v) is 18.2. The molecule has 1 amide bonds. The van der Waals surface area contributed by atoms with Gasteiger partial charge in [-0.3, -0.25) is 4.79 Å². The predicted molar refractivity (Wildman–Crippen MR) is 121 cm³/mol. The van der Waals surface area contributed by atoms with Crippen molar-refractivity contribution >= 4 is 11.9 Å². The van der Waals surface area contributed by atoms with E-state index >= 15 is 0 Å². The van der Waals surface area contributed by atoms with E-state index in [0.717, 1.165) is 37.1 Å². The molecular weight excluding hydrogens is 395 g/mol. The van der Waals surface area contributed by atoms with Crippen LogP contribution in [0.25, 0.3) is 0 Å². The molecule has 0 saturated carbocycles. The van der Waals surface area contributed by atoms with Crippen LogP contribution in [0.15, 0.2) is 47.5 Å². The van der Waals surface area contributed by atoms with Gasteiger partial charge in [0.1, 0.15) is 5.82 Å². The first-order valence-corrected chi connectivity index (χ1v) is 10.8. The second-order valence-electron chi connectivity index (χ2n) is 7.68. The minimum absolute atomic E-state index is 0.0990. The summed E-state index contributed by atoms with van der Waals surface area (Å²) in [6.07, 6.45) is 2.17. The minimum atomic E-state index is -0.205. The van der Waals surface area contributed by atoms with Crippen LogP contribution in [0.1, 0.15) is 46.8 Å². The third-order valence-corrected chi connectivity index (χ3v) is 5.15. The van der Waals surface area contributed by atoms with E-state index in [4.69, 9.17) is 4.74 Å². The minimum Gasteiger partial charge on any atom is -0.376 e. The summed E-state index contributed by atoms with van der Waals surface area (Å²) in [6.45, 7) is 6.76. The first-order valence-electron chi connectivity index (χ1n) is 10.8. The zero-order valence-electron chi connectivity index (χ0n) is 18.2. The molecule has 0 aliphatic carbocycles. The molecule has 7 heteroatoms. The standard InChI is InChI=1S/C24H31FN4O2/c1-3-26-24(29-15-19-9-10-22(25)17(2)12-19)28-14-18-6-4-7-20(13-18)23(30)27-16-21-8-5-11-31-21/h4,6-7,9-10,12-13,21H,3,5,8,11,14-16H2,1-2H3,(H,27,30)(H2,26,28,29). The fourth-order valence-corrected chi connectivity index (χ4v) is 3.44. The number of hydrogen-bond donors (Lipinski definition) is 3. The molecule has 0 aromatic heterocycles. The van der Waals surface area contributed by atoms with E-state index in [1.807, 2.05) is 31.2 Å². The van der Waals surface area contributed by atoms with Crippen molar-refractivity contribution in [1.82, 2.24) is 16.0 Å². The summed E-state index contributed by atoms with van der Waals surface area (Å²) in [6, 6.07) is 12.5. The molecule has 1 heterocycles. The number of aryl methyl sites for hydroxylation is 1. The lowest BCUT2D eigenvalue weighted by Crippen LogP contribution is -2.36. The van der Waals surface area contributed by atoms with E-state index in [1.165, 1.54) is 6.07 Å². The number of carbonyl (C=O) groups is 1. The highest BCUT2D eigenvalue weighted by atomic mass is 19.1. The molecule has 0 radical (unpaired) electrons. The summed E-state index contributed by atoms with van der Waals surface area (Å²) in [5.74, 6) is 0.361. The summed E-state index contributed by atoms with van der Waals surface area (Å²) in [5.41, 5.74) is 3.16. The van der Waals surface area contributed by atoms with Gasteiger partial charge in [0, 0.05) is 31.8 Å². The van der Waals surface area contributed by atoms with Crippen molar-refractivity contribution in [1.29, 1.82) is 0 Å². The molecule has 6 nitrogen and oxygen atoms in total. The Labute approximate surface area is 183 Å². The van der Waals surface area contributed by atoms with Gasteiger partial charge in [0.2, 0.25) is 0 Å². The van der Waals surface area contributed by atoms with Crippen molar-refractivity contribution < 1.29 is 13.9 Å². The molecule has 0 bridgehead atoms. The van der Waals surface area contributed by atoms with Crippen LogP contribution >= 0.6 is 0 Å². The van der Waals surface area contributed by atoms with Gasteiger partial charge in [-0.2, -0.15) is 0 Å². The van der Waals surface area contributed by atoms with Crippen molar-refractivity contribution in [2.75, 3.05) is 19.7 Å². The number of ether oxygens (including phenoxy) is 1. The van der Waals surface area contributed by atoms with Gasteiger partial charge in [0.25, 0.3) is 5.91 Å². The molecule has 1 aliphatic heterocycles. The largest absolute Gasteiger partial charge is 0.376 e. The maximum absolute atomic E-state index is 13.5. The van der Waals surface area contributed by atoms with Crippen LogP contribution in [0.3, 0.4) is 0 Å². The Balaban J connectivity index is 1.57. The molecule has 3 rings (SSSR count). The molecule has 1 unspecified atom stereocenters. The Bertz CT molecular complexity index is 910. The van der Waals surface area contributed by atoms with Crippen molar-refractivity contribution in [2.24, 2.45) is 4.99 Å². The molecule has 1 atom stereocenters. The maximum atomic E-state index is 13.5. The van der Waals surface area contributed by atoms with Gasteiger partial charge >= 0.3 is 0 Å². The van der Waals surface area contributed by atoms with Crippen LogP contribution in [0.5, 0.6) is 0 Å². The third-order valence-electron chi connectivity index (χ3n) is 5.15. The fourth-order valence-electron chi connectivity index (χ4n) is 3.44. The van der Waals surface area contributed by atoms with Crippen molar-refractivity contribution in [2.45, 2.75) is 45.9 Å². The van der Waals surface area contributed by atoms with Gasteiger partial charge < -0.3 is 20.7 Å². The van der Waals surface area contributed by atoms with Crippen LogP contribution in [-0.2, 0) is 17.8 Å². The van der Waals surface area contributed by atoms with Crippen LogP contribution in [-0.4, -0.2) is 37.7 Å². The number of guanidine groups is 1. The summed E-state index contributed by atoms with van der Waals surface area (Å²) in [5, 5.41) is 9.42. The fraction of sp³-hybridized carbons (Fsp3) is 0.417. The Kier molecular flexibility index (Phi) is 8.41.